The zero-order valence-electron chi connectivity index (χ0n) is 17.0. The van der Waals surface area contributed by atoms with Gasteiger partial charge < -0.3 is 9.88 Å². The molecule has 1 amide bonds. The number of fused-ring (bicyclic) bond motifs is 1. The van der Waals surface area contributed by atoms with E-state index in [4.69, 9.17) is 0 Å². The van der Waals surface area contributed by atoms with Crippen molar-refractivity contribution in [3.63, 3.8) is 0 Å². The van der Waals surface area contributed by atoms with Gasteiger partial charge in [-0.05, 0) is 37.5 Å². The van der Waals surface area contributed by atoms with Crippen molar-refractivity contribution in [1.29, 1.82) is 0 Å². The SMILES string of the molecule is CC(Sc1nc2scc(-c3ccc(F)cc3)c2c(=O)[nH]1)C(=O)N(C)C1CCCCC1. The van der Waals surface area contributed by atoms with Gasteiger partial charge in [0.05, 0.1) is 10.6 Å². The fourth-order valence-electron chi connectivity index (χ4n) is 3.98. The molecule has 0 aliphatic heterocycles. The highest BCUT2D eigenvalue weighted by molar-refractivity contribution is 8.00. The van der Waals surface area contributed by atoms with Crippen LogP contribution < -0.4 is 5.56 Å². The molecular formula is C22H24FN3O2S2. The summed E-state index contributed by atoms with van der Waals surface area (Å²) in [5.74, 6) is -0.256. The monoisotopic (exact) mass is 445 g/mol. The van der Waals surface area contributed by atoms with Gasteiger partial charge >= 0.3 is 0 Å². The molecule has 1 aromatic carbocycles. The van der Waals surface area contributed by atoms with Crippen LogP contribution in [0.1, 0.15) is 39.0 Å². The van der Waals surface area contributed by atoms with Crippen molar-refractivity contribution in [3.8, 4) is 11.1 Å². The van der Waals surface area contributed by atoms with Crippen LogP contribution in [0.5, 0.6) is 0 Å². The van der Waals surface area contributed by atoms with E-state index in [1.165, 1.54) is 54.5 Å². The average Bonchev–Trinajstić information content (AvgIpc) is 3.18. The lowest BCUT2D eigenvalue weighted by Gasteiger charge is -2.32. The molecule has 0 saturated heterocycles. The molecule has 30 heavy (non-hydrogen) atoms. The molecule has 1 aliphatic carbocycles. The quantitative estimate of drug-likeness (QED) is 0.440. The van der Waals surface area contributed by atoms with Gasteiger partial charge in [-0.1, -0.05) is 43.2 Å². The number of thioether (sulfide) groups is 1. The van der Waals surface area contributed by atoms with Gasteiger partial charge in [-0.15, -0.1) is 11.3 Å². The Balaban J connectivity index is 1.54. The predicted octanol–water partition coefficient (Wildman–Crippen LogP) is 5.06. The molecule has 4 rings (SSSR count). The number of H-pyrrole nitrogens is 1. The van der Waals surface area contributed by atoms with Gasteiger partial charge in [-0.25, -0.2) is 9.37 Å². The Hall–Kier alpha value is -2.19. The number of halogens is 1. The van der Waals surface area contributed by atoms with Crippen molar-refractivity contribution in [1.82, 2.24) is 14.9 Å². The van der Waals surface area contributed by atoms with Crippen molar-refractivity contribution in [2.75, 3.05) is 7.05 Å². The molecule has 0 spiro atoms. The zero-order chi connectivity index (χ0) is 21.3. The zero-order valence-corrected chi connectivity index (χ0v) is 18.6. The first-order valence-corrected chi connectivity index (χ1v) is 11.9. The molecule has 1 fully saturated rings. The van der Waals surface area contributed by atoms with Crippen LogP contribution in [0.2, 0.25) is 0 Å². The molecule has 3 aromatic rings. The predicted molar refractivity (Wildman–Crippen MR) is 121 cm³/mol. The minimum absolute atomic E-state index is 0.0628. The first-order valence-electron chi connectivity index (χ1n) is 10.1. The van der Waals surface area contributed by atoms with Crippen molar-refractivity contribution in [3.05, 3.63) is 45.8 Å². The van der Waals surface area contributed by atoms with Crippen LogP contribution in [0, 0.1) is 5.82 Å². The molecule has 0 bridgehead atoms. The topological polar surface area (TPSA) is 66.1 Å². The Morgan fingerprint density at radius 3 is 2.67 bits per heavy atom. The number of amides is 1. The normalized spacial score (nSPS) is 16.0. The van der Waals surface area contributed by atoms with Gasteiger partial charge in [0.15, 0.2) is 5.16 Å². The van der Waals surface area contributed by atoms with Gasteiger partial charge in [0.25, 0.3) is 5.56 Å². The summed E-state index contributed by atoms with van der Waals surface area (Å²) in [4.78, 5) is 35.5. The summed E-state index contributed by atoms with van der Waals surface area (Å²) in [6.07, 6.45) is 5.70. The van der Waals surface area contributed by atoms with Crippen LogP contribution in [0.3, 0.4) is 0 Å². The van der Waals surface area contributed by atoms with Gasteiger partial charge in [0, 0.05) is 24.0 Å². The van der Waals surface area contributed by atoms with Gasteiger partial charge in [-0.3, -0.25) is 9.59 Å². The average molecular weight is 446 g/mol. The molecule has 0 radical (unpaired) electrons. The summed E-state index contributed by atoms with van der Waals surface area (Å²) >= 11 is 2.65. The Morgan fingerprint density at radius 1 is 1.27 bits per heavy atom. The van der Waals surface area contributed by atoms with Gasteiger partial charge in [0.1, 0.15) is 10.6 Å². The number of thiophene rings is 1. The first-order chi connectivity index (χ1) is 14.4. The first kappa shape index (κ1) is 21.1. The third kappa shape index (κ3) is 4.30. The number of aromatic nitrogens is 2. The Morgan fingerprint density at radius 2 is 1.97 bits per heavy atom. The van der Waals surface area contributed by atoms with Crippen LogP contribution in [0.15, 0.2) is 39.6 Å². The van der Waals surface area contributed by atoms with E-state index >= 15 is 0 Å². The fraction of sp³-hybridized carbons (Fsp3) is 0.409. The second-order valence-electron chi connectivity index (χ2n) is 7.71. The Bertz CT molecular complexity index is 1100. The molecule has 158 valence electrons. The second-order valence-corrected chi connectivity index (χ2v) is 9.90. The van der Waals surface area contributed by atoms with E-state index in [-0.39, 0.29) is 22.5 Å². The minimum Gasteiger partial charge on any atom is -0.342 e. The highest BCUT2D eigenvalue weighted by Gasteiger charge is 2.27. The second kappa shape index (κ2) is 8.89. The van der Waals surface area contributed by atoms with Gasteiger partial charge in [0.2, 0.25) is 5.91 Å². The number of carbonyl (C=O) groups excluding carboxylic acids is 1. The largest absolute Gasteiger partial charge is 0.342 e. The molecule has 1 N–H and O–H groups in total. The standard InChI is InChI=1S/C22H24FN3O2S2/c1-13(21(28)26(2)16-6-4-3-5-7-16)30-22-24-19(27)18-17(12-29-20(18)25-22)14-8-10-15(23)11-9-14/h8-13,16H,3-7H2,1-2H3,(H,24,25,27). The van der Waals surface area contributed by atoms with Crippen LogP contribution in [-0.2, 0) is 4.79 Å². The van der Waals surface area contributed by atoms with Crippen molar-refractivity contribution in [2.24, 2.45) is 0 Å². The molecule has 1 aliphatic rings. The lowest BCUT2D eigenvalue weighted by Crippen LogP contribution is -2.42. The maximum Gasteiger partial charge on any atom is 0.260 e. The van der Waals surface area contributed by atoms with E-state index in [0.717, 1.165) is 24.0 Å². The van der Waals surface area contributed by atoms with Crippen LogP contribution >= 0.6 is 23.1 Å². The molecule has 8 heteroatoms. The maximum absolute atomic E-state index is 13.2. The molecule has 1 saturated carbocycles. The van der Waals surface area contributed by atoms with Crippen molar-refractivity contribution >= 4 is 39.2 Å². The summed E-state index contributed by atoms with van der Waals surface area (Å²) < 4.78 is 13.2. The van der Waals surface area contributed by atoms with E-state index in [9.17, 15) is 14.0 Å². The highest BCUT2D eigenvalue weighted by Crippen LogP contribution is 2.32. The highest BCUT2D eigenvalue weighted by atomic mass is 32.2. The molecule has 2 heterocycles. The van der Waals surface area contributed by atoms with Crippen molar-refractivity contribution in [2.45, 2.75) is 55.5 Å². The number of benzene rings is 1. The van der Waals surface area contributed by atoms with Gasteiger partial charge in [-0.2, -0.15) is 0 Å². The van der Waals surface area contributed by atoms with Crippen LogP contribution in [-0.4, -0.2) is 39.1 Å². The number of aromatic amines is 1. The van der Waals surface area contributed by atoms with E-state index < -0.39 is 0 Å². The van der Waals surface area contributed by atoms with Crippen LogP contribution in [0.25, 0.3) is 21.3 Å². The number of nitrogens with one attached hydrogen (secondary N) is 1. The third-order valence-electron chi connectivity index (χ3n) is 5.68. The molecule has 2 aromatic heterocycles. The maximum atomic E-state index is 13.2. The number of nitrogens with zero attached hydrogens (tertiary/aromatic N) is 2. The summed E-state index contributed by atoms with van der Waals surface area (Å²) in [5, 5.41) is 2.46. The number of hydrogen-bond acceptors (Lipinski definition) is 5. The van der Waals surface area contributed by atoms with Crippen LogP contribution in [0.4, 0.5) is 4.39 Å². The summed E-state index contributed by atoms with van der Waals surface area (Å²) in [6, 6.07) is 6.36. The van der Waals surface area contributed by atoms with E-state index in [0.29, 0.717) is 21.4 Å². The smallest absolute Gasteiger partial charge is 0.260 e. The summed E-state index contributed by atoms with van der Waals surface area (Å²) in [5.41, 5.74) is 1.26. The van der Waals surface area contributed by atoms with E-state index in [2.05, 4.69) is 9.97 Å². The van der Waals surface area contributed by atoms with E-state index in [1.54, 1.807) is 12.1 Å². The minimum atomic E-state index is -0.339. The number of rotatable bonds is 5. The molecule has 1 atom stereocenters. The summed E-state index contributed by atoms with van der Waals surface area (Å²) in [7, 11) is 1.88. The Kier molecular flexibility index (Phi) is 6.24. The molecule has 1 unspecified atom stereocenters. The molecular weight excluding hydrogens is 421 g/mol. The fourth-order valence-corrected chi connectivity index (χ4v) is 5.88. The number of carbonyl (C=O) groups is 1. The lowest BCUT2D eigenvalue weighted by molar-refractivity contribution is -0.131. The molecule has 5 nitrogen and oxygen atoms in total. The third-order valence-corrected chi connectivity index (χ3v) is 7.53. The number of hydrogen-bond donors (Lipinski definition) is 1. The lowest BCUT2D eigenvalue weighted by atomic mass is 9.94. The Labute approximate surface area is 182 Å². The van der Waals surface area contributed by atoms with E-state index in [1.807, 2.05) is 24.3 Å². The summed E-state index contributed by atoms with van der Waals surface area (Å²) in [6.45, 7) is 1.86. The van der Waals surface area contributed by atoms with Crippen molar-refractivity contribution < 1.29 is 9.18 Å².